The number of hydrogen-bond donors (Lipinski definition) is 1. The highest BCUT2D eigenvalue weighted by atomic mass is 35.5. The zero-order valence-corrected chi connectivity index (χ0v) is 10.1. The van der Waals surface area contributed by atoms with Crippen LogP contribution in [0.4, 0.5) is 4.39 Å². The molecule has 0 aliphatic heterocycles. The summed E-state index contributed by atoms with van der Waals surface area (Å²) in [6, 6.07) is 1.59. The van der Waals surface area contributed by atoms with E-state index in [-0.39, 0.29) is 12.2 Å². The number of rotatable bonds is 4. The van der Waals surface area contributed by atoms with Crippen LogP contribution in [0.5, 0.6) is 0 Å². The molecule has 4 heteroatoms. The van der Waals surface area contributed by atoms with Crippen molar-refractivity contribution in [3.05, 3.63) is 33.6 Å². The van der Waals surface area contributed by atoms with Crippen LogP contribution in [0.15, 0.2) is 6.07 Å². The molecule has 88 valence electrons. The standard InChI is InChI=1S/C12H14ClFO2/c1-7-6-10(13)8(2)9(12(7)14)4-3-5-11(15)16/h6H,3-5H2,1-2H3,(H,15,16). The first-order chi connectivity index (χ1) is 7.43. The lowest BCUT2D eigenvalue weighted by molar-refractivity contribution is -0.137. The maximum absolute atomic E-state index is 13.8. The van der Waals surface area contributed by atoms with Crippen LogP contribution in [-0.2, 0) is 11.2 Å². The van der Waals surface area contributed by atoms with Gasteiger partial charge in [0.2, 0.25) is 0 Å². The van der Waals surface area contributed by atoms with Crippen molar-refractivity contribution in [2.75, 3.05) is 0 Å². The summed E-state index contributed by atoms with van der Waals surface area (Å²) >= 11 is 5.95. The van der Waals surface area contributed by atoms with E-state index in [2.05, 4.69) is 0 Å². The summed E-state index contributed by atoms with van der Waals surface area (Å²) in [4.78, 5) is 10.4. The molecule has 0 fully saturated rings. The van der Waals surface area contributed by atoms with Crippen LogP contribution < -0.4 is 0 Å². The summed E-state index contributed by atoms with van der Waals surface area (Å²) in [5.41, 5.74) is 1.74. The van der Waals surface area contributed by atoms with Gasteiger partial charge in [0, 0.05) is 11.4 Å². The highest BCUT2D eigenvalue weighted by Gasteiger charge is 2.12. The van der Waals surface area contributed by atoms with Crippen LogP contribution in [0.1, 0.15) is 29.5 Å². The molecule has 0 saturated carbocycles. The molecule has 0 amide bonds. The van der Waals surface area contributed by atoms with Gasteiger partial charge in [-0.2, -0.15) is 0 Å². The molecular formula is C12H14ClFO2. The average Bonchev–Trinajstić information content (AvgIpc) is 2.20. The third-order valence-electron chi connectivity index (χ3n) is 2.58. The smallest absolute Gasteiger partial charge is 0.303 e. The van der Waals surface area contributed by atoms with E-state index in [4.69, 9.17) is 16.7 Å². The molecule has 0 saturated heterocycles. The second-order valence-electron chi connectivity index (χ2n) is 3.84. The van der Waals surface area contributed by atoms with Gasteiger partial charge in [-0.1, -0.05) is 11.6 Å². The van der Waals surface area contributed by atoms with Gasteiger partial charge in [0.1, 0.15) is 5.82 Å². The number of hydrogen-bond acceptors (Lipinski definition) is 1. The first kappa shape index (κ1) is 13.0. The van der Waals surface area contributed by atoms with Crippen LogP contribution >= 0.6 is 11.6 Å². The molecule has 0 heterocycles. The van der Waals surface area contributed by atoms with Crippen LogP contribution in [0, 0.1) is 19.7 Å². The Morgan fingerprint density at radius 3 is 2.69 bits per heavy atom. The fourth-order valence-corrected chi connectivity index (χ4v) is 1.90. The second-order valence-corrected chi connectivity index (χ2v) is 4.25. The molecule has 0 aliphatic carbocycles. The highest BCUT2D eigenvalue weighted by molar-refractivity contribution is 6.31. The molecule has 16 heavy (non-hydrogen) atoms. The van der Waals surface area contributed by atoms with Crippen molar-refractivity contribution in [1.82, 2.24) is 0 Å². The number of carboxylic acid groups (broad SMARTS) is 1. The Morgan fingerprint density at radius 1 is 1.50 bits per heavy atom. The zero-order valence-electron chi connectivity index (χ0n) is 9.31. The van der Waals surface area contributed by atoms with Crippen molar-refractivity contribution < 1.29 is 14.3 Å². The van der Waals surface area contributed by atoms with E-state index < -0.39 is 5.97 Å². The minimum Gasteiger partial charge on any atom is -0.481 e. The Morgan fingerprint density at radius 2 is 2.12 bits per heavy atom. The van der Waals surface area contributed by atoms with Crippen molar-refractivity contribution in [3.8, 4) is 0 Å². The van der Waals surface area contributed by atoms with Crippen molar-refractivity contribution in [1.29, 1.82) is 0 Å². The minimum atomic E-state index is -0.864. The topological polar surface area (TPSA) is 37.3 Å². The Kier molecular flexibility index (Phi) is 4.30. The number of carbonyl (C=O) groups is 1. The van der Waals surface area contributed by atoms with Crippen LogP contribution in [0.3, 0.4) is 0 Å². The molecular weight excluding hydrogens is 231 g/mol. The fraction of sp³-hybridized carbons (Fsp3) is 0.417. The number of aliphatic carboxylic acids is 1. The molecule has 1 aromatic rings. The number of halogens is 2. The summed E-state index contributed by atoms with van der Waals surface area (Å²) in [5, 5.41) is 9.05. The number of aryl methyl sites for hydroxylation is 1. The first-order valence-corrected chi connectivity index (χ1v) is 5.47. The Labute approximate surface area is 99.0 Å². The summed E-state index contributed by atoms with van der Waals surface area (Å²) in [7, 11) is 0. The van der Waals surface area contributed by atoms with E-state index in [1.165, 1.54) is 0 Å². The lowest BCUT2D eigenvalue weighted by atomic mass is 9.99. The molecule has 0 bridgehead atoms. The third-order valence-corrected chi connectivity index (χ3v) is 2.98. The maximum atomic E-state index is 13.8. The fourth-order valence-electron chi connectivity index (χ4n) is 1.62. The van der Waals surface area contributed by atoms with Gasteiger partial charge in [-0.3, -0.25) is 4.79 Å². The molecule has 1 N–H and O–H groups in total. The van der Waals surface area contributed by atoms with Crippen molar-refractivity contribution >= 4 is 17.6 Å². The predicted molar refractivity (Wildman–Crippen MR) is 61.5 cm³/mol. The molecule has 0 aliphatic rings. The largest absolute Gasteiger partial charge is 0.481 e. The van der Waals surface area contributed by atoms with Gasteiger partial charge in [-0.15, -0.1) is 0 Å². The molecule has 0 atom stereocenters. The van der Waals surface area contributed by atoms with Crippen molar-refractivity contribution in [2.24, 2.45) is 0 Å². The van der Waals surface area contributed by atoms with Gasteiger partial charge in [0.05, 0.1) is 0 Å². The van der Waals surface area contributed by atoms with Gasteiger partial charge in [-0.25, -0.2) is 4.39 Å². The second kappa shape index (κ2) is 5.30. The summed E-state index contributed by atoms with van der Waals surface area (Å²) in [6.45, 7) is 3.41. The molecule has 1 rings (SSSR count). The molecule has 0 aromatic heterocycles. The molecule has 2 nitrogen and oxygen atoms in total. The maximum Gasteiger partial charge on any atom is 0.303 e. The molecule has 1 aromatic carbocycles. The van der Waals surface area contributed by atoms with E-state index in [1.807, 2.05) is 0 Å². The van der Waals surface area contributed by atoms with E-state index >= 15 is 0 Å². The first-order valence-electron chi connectivity index (χ1n) is 5.09. The Balaban J connectivity index is 2.90. The quantitative estimate of drug-likeness (QED) is 0.880. The summed E-state index contributed by atoms with van der Waals surface area (Å²) in [5.74, 6) is -1.14. The van der Waals surface area contributed by atoms with Crippen LogP contribution in [0.2, 0.25) is 5.02 Å². The Bertz CT molecular complexity index is 390. The molecule has 0 radical (unpaired) electrons. The monoisotopic (exact) mass is 244 g/mol. The van der Waals surface area contributed by atoms with Gasteiger partial charge < -0.3 is 5.11 Å². The third kappa shape index (κ3) is 2.95. The average molecular weight is 245 g/mol. The van der Waals surface area contributed by atoms with Crippen LogP contribution in [0.25, 0.3) is 0 Å². The van der Waals surface area contributed by atoms with E-state index in [1.54, 1.807) is 19.9 Å². The summed E-state index contributed by atoms with van der Waals surface area (Å²) in [6.07, 6.45) is 0.878. The zero-order chi connectivity index (χ0) is 12.3. The molecule has 0 unspecified atom stereocenters. The summed E-state index contributed by atoms with van der Waals surface area (Å²) < 4.78 is 13.8. The van der Waals surface area contributed by atoms with Gasteiger partial charge >= 0.3 is 5.97 Å². The lowest BCUT2D eigenvalue weighted by Gasteiger charge is -2.10. The number of carboxylic acids is 1. The van der Waals surface area contributed by atoms with E-state index in [0.29, 0.717) is 34.6 Å². The van der Waals surface area contributed by atoms with Gasteiger partial charge in [0.25, 0.3) is 0 Å². The van der Waals surface area contributed by atoms with Gasteiger partial charge in [0.15, 0.2) is 0 Å². The lowest BCUT2D eigenvalue weighted by Crippen LogP contribution is -2.01. The van der Waals surface area contributed by atoms with Crippen molar-refractivity contribution in [2.45, 2.75) is 33.1 Å². The van der Waals surface area contributed by atoms with E-state index in [9.17, 15) is 9.18 Å². The Hall–Kier alpha value is -1.09. The SMILES string of the molecule is Cc1cc(Cl)c(C)c(CCCC(=O)O)c1F. The van der Waals surface area contributed by atoms with Crippen LogP contribution in [-0.4, -0.2) is 11.1 Å². The normalized spacial score (nSPS) is 10.5. The minimum absolute atomic E-state index is 0.0461. The van der Waals surface area contributed by atoms with Gasteiger partial charge in [-0.05, 0) is 49.4 Å². The van der Waals surface area contributed by atoms with Crippen molar-refractivity contribution in [3.63, 3.8) is 0 Å². The molecule has 0 spiro atoms. The van der Waals surface area contributed by atoms with E-state index in [0.717, 1.165) is 0 Å². The highest BCUT2D eigenvalue weighted by Crippen LogP contribution is 2.26. The number of benzene rings is 1. The predicted octanol–water partition coefficient (Wildman–Crippen LogP) is 3.50.